The number of rotatable bonds is 7. The highest BCUT2D eigenvalue weighted by molar-refractivity contribution is 7.89. The van der Waals surface area contributed by atoms with Gasteiger partial charge in [-0.2, -0.15) is 4.31 Å². The number of amides is 2. The first-order valence-corrected chi connectivity index (χ1v) is 12.8. The van der Waals surface area contributed by atoms with Crippen molar-refractivity contribution < 1.29 is 22.7 Å². The molecule has 2 fully saturated rings. The smallest absolute Gasteiger partial charge is 0.265 e. The lowest BCUT2D eigenvalue weighted by Gasteiger charge is -2.25. The van der Waals surface area contributed by atoms with Crippen molar-refractivity contribution in [2.45, 2.75) is 50.0 Å². The number of ether oxygens (including phenoxy) is 1. The Morgan fingerprint density at radius 3 is 2.39 bits per heavy atom. The van der Waals surface area contributed by atoms with Crippen LogP contribution in [0.25, 0.3) is 0 Å². The fourth-order valence-corrected chi connectivity index (χ4v) is 5.63. The summed E-state index contributed by atoms with van der Waals surface area (Å²) in [5, 5.41) is 2.76. The van der Waals surface area contributed by atoms with Gasteiger partial charge in [0.15, 0.2) is 6.10 Å². The highest BCUT2D eigenvalue weighted by atomic mass is 32.2. The summed E-state index contributed by atoms with van der Waals surface area (Å²) in [6, 6.07) is 13.3. The summed E-state index contributed by atoms with van der Waals surface area (Å²) in [5.74, 6) is 0.228. The molecule has 4 rings (SSSR count). The number of nitrogens with zero attached hydrogens (tertiary/aromatic N) is 2. The van der Waals surface area contributed by atoms with E-state index < -0.39 is 16.1 Å². The maximum atomic E-state index is 12.8. The van der Waals surface area contributed by atoms with E-state index in [2.05, 4.69) is 5.32 Å². The molecule has 9 heteroatoms. The number of carbonyl (C=O) groups is 2. The zero-order valence-electron chi connectivity index (χ0n) is 18.7. The van der Waals surface area contributed by atoms with Gasteiger partial charge in [0.25, 0.3) is 5.91 Å². The highest BCUT2D eigenvalue weighted by Crippen LogP contribution is 2.26. The van der Waals surface area contributed by atoms with Crippen LogP contribution >= 0.6 is 0 Å². The lowest BCUT2D eigenvalue weighted by Crippen LogP contribution is -2.35. The fraction of sp³-hybridized carbons (Fsp3) is 0.417. The maximum Gasteiger partial charge on any atom is 0.265 e. The van der Waals surface area contributed by atoms with Crippen molar-refractivity contribution in [2.24, 2.45) is 0 Å². The van der Waals surface area contributed by atoms with E-state index in [0.717, 1.165) is 31.4 Å². The van der Waals surface area contributed by atoms with Crippen LogP contribution in [0, 0.1) is 0 Å². The molecule has 8 nitrogen and oxygen atoms in total. The number of hydrogen-bond acceptors (Lipinski definition) is 5. The van der Waals surface area contributed by atoms with Gasteiger partial charge < -0.3 is 15.0 Å². The molecular formula is C24H29N3O5S. The molecule has 2 heterocycles. The molecular weight excluding hydrogens is 442 g/mol. The van der Waals surface area contributed by atoms with E-state index in [-0.39, 0.29) is 16.7 Å². The van der Waals surface area contributed by atoms with Gasteiger partial charge >= 0.3 is 0 Å². The summed E-state index contributed by atoms with van der Waals surface area (Å²) >= 11 is 0. The van der Waals surface area contributed by atoms with Crippen LogP contribution in [-0.4, -0.2) is 50.3 Å². The quantitative estimate of drug-likeness (QED) is 0.668. The summed E-state index contributed by atoms with van der Waals surface area (Å²) in [4.78, 5) is 26.5. The molecule has 1 N–H and O–H groups in total. The fourth-order valence-electron chi connectivity index (χ4n) is 4.11. The number of sulfonamides is 1. The Kier molecular flexibility index (Phi) is 6.99. The number of carbonyl (C=O) groups excluding carboxylic acids is 2. The summed E-state index contributed by atoms with van der Waals surface area (Å²) in [5.41, 5.74) is 1.25. The highest BCUT2D eigenvalue weighted by Gasteiger charge is 2.26. The Labute approximate surface area is 194 Å². The van der Waals surface area contributed by atoms with Crippen LogP contribution in [0.1, 0.15) is 39.0 Å². The molecule has 2 saturated heterocycles. The Balaban J connectivity index is 1.37. The van der Waals surface area contributed by atoms with Crippen LogP contribution in [-0.2, 0) is 19.6 Å². The summed E-state index contributed by atoms with van der Waals surface area (Å²) < 4.78 is 32.8. The van der Waals surface area contributed by atoms with Gasteiger partial charge in [-0.05, 0) is 62.6 Å². The number of anilines is 2. The molecule has 0 bridgehead atoms. The second kappa shape index (κ2) is 9.93. The summed E-state index contributed by atoms with van der Waals surface area (Å²) in [7, 11) is -3.51. The van der Waals surface area contributed by atoms with E-state index in [0.29, 0.717) is 37.5 Å². The van der Waals surface area contributed by atoms with E-state index in [9.17, 15) is 18.0 Å². The first kappa shape index (κ1) is 23.3. The van der Waals surface area contributed by atoms with Crippen LogP contribution in [0.3, 0.4) is 0 Å². The maximum absolute atomic E-state index is 12.8. The molecule has 2 aliphatic heterocycles. The molecule has 2 aromatic rings. The standard InChI is InChI=1S/C24H29N3O5S/c1-18(32-21-8-5-7-20(17-21)27-16-6-9-23(27)28)24(29)25-19-10-12-22(13-11-19)33(30,31)26-14-3-2-4-15-26/h5,7-8,10-13,17-18H,2-4,6,9,14-16H2,1H3,(H,25,29)/t18-/m1/s1. The Morgan fingerprint density at radius 1 is 1.00 bits per heavy atom. The van der Waals surface area contributed by atoms with E-state index in [1.165, 1.54) is 16.4 Å². The molecule has 0 radical (unpaired) electrons. The third-order valence-corrected chi connectivity index (χ3v) is 7.87. The molecule has 0 unspecified atom stereocenters. The van der Waals surface area contributed by atoms with E-state index >= 15 is 0 Å². The van der Waals surface area contributed by atoms with Crippen molar-refractivity contribution in [3.05, 3.63) is 48.5 Å². The van der Waals surface area contributed by atoms with Gasteiger partial charge in [-0.15, -0.1) is 0 Å². The first-order valence-electron chi connectivity index (χ1n) is 11.3. The summed E-state index contributed by atoms with van der Waals surface area (Å²) in [6.07, 6.45) is 3.40. The van der Waals surface area contributed by atoms with Crippen molar-refractivity contribution in [1.82, 2.24) is 4.31 Å². The largest absolute Gasteiger partial charge is 0.481 e. The van der Waals surface area contributed by atoms with E-state index in [4.69, 9.17) is 4.74 Å². The molecule has 2 aromatic carbocycles. The zero-order valence-corrected chi connectivity index (χ0v) is 19.5. The zero-order chi connectivity index (χ0) is 23.4. The molecule has 176 valence electrons. The molecule has 0 spiro atoms. The minimum Gasteiger partial charge on any atom is -0.481 e. The first-order chi connectivity index (χ1) is 15.8. The van der Waals surface area contributed by atoms with Crippen LogP contribution in [0.15, 0.2) is 53.4 Å². The van der Waals surface area contributed by atoms with Gasteiger partial charge in [0.05, 0.1) is 4.90 Å². The van der Waals surface area contributed by atoms with Gasteiger partial charge in [0.1, 0.15) is 5.75 Å². The van der Waals surface area contributed by atoms with Crippen LogP contribution in [0.5, 0.6) is 5.75 Å². The average Bonchev–Trinajstić information content (AvgIpc) is 3.26. The van der Waals surface area contributed by atoms with Crippen LogP contribution in [0.2, 0.25) is 0 Å². The van der Waals surface area contributed by atoms with Gasteiger partial charge in [-0.25, -0.2) is 8.42 Å². The number of piperidine rings is 1. The molecule has 1 atom stereocenters. The van der Waals surface area contributed by atoms with Crippen molar-refractivity contribution in [1.29, 1.82) is 0 Å². The monoisotopic (exact) mass is 471 g/mol. The van der Waals surface area contributed by atoms with Gasteiger partial charge in [0, 0.05) is 43.5 Å². The van der Waals surface area contributed by atoms with Crippen molar-refractivity contribution >= 4 is 33.2 Å². The average molecular weight is 472 g/mol. The Bertz CT molecular complexity index is 1110. The van der Waals surface area contributed by atoms with E-state index in [1.807, 2.05) is 6.07 Å². The summed E-state index contributed by atoms with van der Waals surface area (Å²) in [6.45, 7) is 3.41. The second-order valence-corrected chi connectivity index (χ2v) is 10.3. The third-order valence-electron chi connectivity index (χ3n) is 5.96. The van der Waals surface area contributed by atoms with Gasteiger partial charge in [-0.3, -0.25) is 9.59 Å². The number of nitrogens with one attached hydrogen (secondary N) is 1. The SMILES string of the molecule is C[C@@H](Oc1cccc(N2CCCC2=O)c1)C(=O)Nc1ccc(S(=O)(=O)N2CCCCC2)cc1. The molecule has 33 heavy (non-hydrogen) atoms. The second-order valence-electron chi connectivity index (χ2n) is 8.38. The Morgan fingerprint density at radius 2 is 1.73 bits per heavy atom. The molecule has 0 aromatic heterocycles. The lowest BCUT2D eigenvalue weighted by atomic mass is 10.2. The predicted octanol–water partition coefficient (Wildman–Crippen LogP) is 3.39. The van der Waals surface area contributed by atoms with Crippen molar-refractivity contribution in [3.63, 3.8) is 0 Å². The van der Waals surface area contributed by atoms with Crippen LogP contribution < -0.4 is 15.0 Å². The molecule has 0 aliphatic carbocycles. The van der Waals surface area contributed by atoms with E-state index in [1.54, 1.807) is 42.2 Å². The third kappa shape index (κ3) is 5.36. The predicted molar refractivity (Wildman–Crippen MR) is 126 cm³/mol. The molecule has 2 amide bonds. The minimum absolute atomic E-state index is 0.0867. The van der Waals surface area contributed by atoms with Crippen molar-refractivity contribution in [2.75, 3.05) is 29.9 Å². The Hall–Kier alpha value is -2.91. The van der Waals surface area contributed by atoms with Gasteiger partial charge in [-0.1, -0.05) is 12.5 Å². The number of benzene rings is 2. The normalized spacial score (nSPS) is 18.2. The minimum atomic E-state index is -3.51. The lowest BCUT2D eigenvalue weighted by molar-refractivity contribution is -0.122. The molecule has 2 aliphatic rings. The van der Waals surface area contributed by atoms with Crippen LogP contribution in [0.4, 0.5) is 11.4 Å². The van der Waals surface area contributed by atoms with Crippen molar-refractivity contribution in [3.8, 4) is 5.75 Å². The molecule has 0 saturated carbocycles. The topological polar surface area (TPSA) is 96.0 Å². The van der Waals surface area contributed by atoms with Gasteiger partial charge in [0.2, 0.25) is 15.9 Å². The number of hydrogen-bond donors (Lipinski definition) is 1.